The Morgan fingerprint density at radius 1 is 1.10 bits per heavy atom. The molecular formula is C35H48Cl3N5O6. The van der Waals surface area contributed by atoms with Crippen molar-refractivity contribution < 1.29 is 28.7 Å². The Labute approximate surface area is 303 Å². The number of hydrogen-bond donors (Lipinski definition) is 4. The summed E-state index contributed by atoms with van der Waals surface area (Å²) in [5.74, 6) is -2.30. The number of pyridine rings is 1. The van der Waals surface area contributed by atoms with E-state index in [0.717, 1.165) is 28.6 Å². The average molecular weight is 741 g/mol. The van der Waals surface area contributed by atoms with Crippen LogP contribution < -0.4 is 21.7 Å². The van der Waals surface area contributed by atoms with Crippen molar-refractivity contribution in [1.82, 2.24) is 20.9 Å². The van der Waals surface area contributed by atoms with Gasteiger partial charge >= 0.3 is 5.97 Å². The van der Waals surface area contributed by atoms with Crippen molar-refractivity contribution in [3.63, 3.8) is 0 Å². The molecule has 3 amide bonds. The topological polar surface area (TPSA) is 162 Å². The summed E-state index contributed by atoms with van der Waals surface area (Å²) in [6, 6.07) is 7.34. The van der Waals surface area contributed by atoms with E-state index in [0.29, 0.717) is 26.1 Å². The predicted octanol–water partition coefficient (Wildman–Crippen LogP) is 4.64. The summed E-state index contributed by atoms with van der Waals surface area (Å²) in [4.78, 5) is 56.9. The molecule has 1 saturated heterocycles. The van der Waals surface area contributed by atoms with Gasteiger partial charge < -0.3 is 31.2 Å². The lowest BCUT2D eigenvalue weighted by Crippen LogP contribution is -2.57. The number of rotatable bonds is 16. The number of amides is 3. The Balaban J connectivity index is 1.61. The van der Waals surface area contributed by atoms with Gasteiger partial charge in [0.2, 0.25) is 21.5 Å². The van der Waals surface area contributed by atoms with E-state index in [1.165, 1.54) is 0 Å². The Kier molecular flexibility index (Phi) is 15.1. The van der Waals surface area contributed by atoms with E-state index >= 15 is 0 Å². The first-order valence-corrected chi connectivity index (χ1v) is 17.7. The van der Waals surface area contributed by atoms with E-state index in [2.05, 4.69) is 28.9 Å². The predicted molar refractivity (Wildman–Crippen MR) is 193 cm³/mol. The highest BCUT2D eigenvalue weighted by molar-refractivity contribution is 6.67. The maximum Gasteiger partial charge on any atom is 0.323 e. The van der Waals surface area contributed by atoms with E-state index in [-0.39, 0.29) is 30.7 Å². The van der Waals surface area contributed by atoms with Crippen LogP contribution in [0.15, 0.2) is 36.4 Å². The SMILES string of the molecule is CCc1ccc2ccc(/C=C/C(C)(C(=O)NC(C(=O)NC(C)C(=O)NCCCC(N)C(=O)OCC(Cl)(Cl)Cl)C(C)C)C3CCOC3)cc2n1. The summed E-state index contributed by atoms with van der Waals surface area (Å²) >= 11 is 16.7. The van der Waals surface area contributed by atoms with Gasteiger partial charge in [-0.3, -0.25) is 24.2 Å². The number of hydrogen-bond acceptors (Lipinski definition) is 8. The third-order valence-corrected chi connectivity index (χ3v) is 9.01. The molecule has 270 valence electrons. The summed E-state index contributed by atoms with van der Waals surface area (Å²) in [5.41, 5.74) is 7.64. The molecule has 2 heterocycles. The summed E-state index contributed by atoms with van der Waals surface area (Å²) in [7, 11) is 0. The molecule has 1 aromatic carbocycles. The molecule has 5 N–H and O–H groups in total. The number of ether oxygens (including phenoxy) is 2. The van der Waals surface area contributed by atoms with Gasteiger partial charge in [0.25, 0.3) is 0 Å². The van der Waals surface area contributed by atoms with Crippen LogP contribution >= 0.6 is 34.8 Å². The molecular weight excluding hydrogens is 693 g/mol. The second-order valence-electron chi connectivity index (χ2n) is 13.0. The largest absolute Gasteiger partial charge is 0.460 e. The van der Waals surface area contributed by atoms with Crippen molar-refractivity contribution in [3.05, 3.63) is 47.7 Å². The number of nitrogens with zero attached hydrogens (tertiary/aromatic N) is 1. The molecule has 11 nitrogen and oxygen atoms in total. The third-order valence-electron chi connectivity index (χ3n) is 8.68. The van der Waals surface area contributed by atoms with Gasteiger partial charge in [0.1, 0.15) is 24.7 Å². The number of nitrogens with two attached hydrogens (primary N) is 1. The van der Waals surface area contributed by atoms with E-state index in [4.69, 9.17) is 55.0 Å². The average Bonchev–Trinajstić information content (AvgIpc) is 3.61. The number of benzene rings is 1. The van der Waals surface area contributed by atoms with Crippen LogP contribution in [0.2, 0.25) is 0 Å². The van der Waals surface area contributed by atoms with Gasteiger partial charge in [-0.25, -0.2) is 0 Å². The van der Waals surface area contributed by atoms with Crippen LogP contribution in [0.1, 0.15) is 65.1 Å². The fourth-order valence-corrected chi connectivity index (χ4v) is 5.58. The molecule has 14 heteroatoms. The van der Waals surface area contributed by atoms with Gasteiger partial charge in [0, 0.05) is 30.1 Å². The molecule has 2 aromatic rings. The number of esters is 1. The Morgan fingerprint density at radius 3 is 2.45 bits per heavy atom. The fourth-order valence-electron chi connectivity index (χ4n) is 5.42. The van der Waals surface area contributed by atoms with Gasteiger partial charge in [-0.1, -0.05) is 85.9 Å². The molecule has 1 fully saturated rings. The zero-order valence-electron chi connectivity index (χ0n) is 28.7. The van der Waals surface area contributed by atoms with Crippen molar-refractivity contribution in [3.8, 4) is 0 Å². The minimum atomic E-state index is -1.74. The molecule has 0 bridgehead atoms. The number of aryl methyl sites for hydroxylation is 1. The van der Waals surface area contributed by atoms with E-state index in [1.807, 2.05) is 57.2 Å². The maximum atomic E-state index is 14.0. The number of halogens is 3. The quantitative estimate of drug-likeness (QED) is 0.110. The highest BCUT2D eigenvalue weighted by atomic mass is 35.6. The van der Waals surface area contributed by atoms with Gasteiger partial charge in [0.05, 0.1) is 17.5 Å². The van der Waals surface area contributed by atoms with Crippen LogP contribution in [0.4, 0.5) is 0 Å². The van der Waals surface area contributed by atoms with Crippen LogP contribution in [0.3, 0.4) is 0 Å². The Morgan fingerprint density at radius 2 is 1.82 bits per heavy atom. The van der Waals surface area contributed by atoms with Crippen LogP contribution in [-0.2, 0) is 35.1 Å². The summed E-state index contributed by atoms with van der Waals surface area (Å²) in [6.45, 7) is 9.89. The minimum absolute atomic E-state index is 0.0980. The van der Waals surface area contributed by atoms with Crippen LogP contribution in [0.5, 0.6) is 0 Å². The van der Waals surface area contributed by atoms with Crippen molar-refractivity contribution in [1.29, 1.82) is 0 Å². The lowest BCUT2D eigenvalue weighted by atomic mass is 9.74. The molecule has 5 unspecified atom stereocenters. The lowest BCUT2D eigenvalue weighted by Gasteiger charge is -2.33. The number of carbonyl (C=O) groups is 4. The van der Waals surface area contributed by atoms with Gasteiger partial charge in [-0.05, 0) is 63.1 Å². The summed E-state index contributed by atoms with van der Waals surface area (Å²) in [5, 5.41) is 9.44. The molecule has 0 saturated carbocycles. The standard InChI is InChI=1S/C35H48Cl3N5O6/c1-6-26-12-11-24-10-9-23(18-28(24)42-26)13-15-34(5,25-14-17-48-19-25)33(47)43-29(21(2)3)31(45)41-22(4)30(44)40-16-7-8-27(39)32(46)49-20-35(36,37)38/h9-13,15,18,21-22,25,27,29H,6-8,14,16-17,19-20,39H2,1-5H3,(H,40,44)(H,41,45)(H,43,47)/b15-13+. The van der Waals surface area contributed by atoms with Crippen molar-refractivity contribution >= 4 is 75.5 Å². The smallest absolute Gasteiger partial charge is 0.323 e. The minimum Gasteiger partial charge on any atom is -0.460 e. The van der Waals surface area contributed by atoms with Crippen molar-refractivity contribution in [2.24, 2.45) is 23.0 Å². The summed E-state index contributed by atoms with van der Waals surface area (Å²) in [6.07, 6.45) is 5.94. The Hall–Kier alpha value is -2.96. The molecule has 1 aliphatic heterocycles. The highest BCUT2D eigenvalue weighted by Gasteiger charge is 2.43. The van der Waals surface area contributed by atoms with Gasteiger partial charge in [-0.2, -0.15) is 0 Å². The first-order chi connectivity index (χ1) is 23.0. The number of fused-ring (bicyclic) bond motifs is 1. The fraction of sp³-hybridized carbons (Fsp3) is 0.571. The van der Waals surface area contributed by atoms with E-state index in [9.17, 15) is 19.2 Å². The monoisotopic (exact) mass is 739 g/mol. The van der Waals surface area contributed by atoms with Crippen molar-refractivity contribution in [2.45, 2.75) is 82.2 Å². The number of carbonyl (C=O) groups excluding carboxylic acids is 4. The molecule has 49 heavy (non-hydrogen) atoms. The zero-order chi connectivity index (χ0) is 36.4. The Bertz CT molecular complexity index is 1490. The van der Waals surface area contributed by atoms with E-state index in [1.54, 1.807) is 6.92 Å². The second-order valence-corrected chi connectivity index (χ2v) is 15.5. The molecule has 1 aliphatic rings. The van der Waals surface area contributed by atoms with Gasteiger partial charge in [0.15, 0.2) is 0 Å². The van der Waals surface area contributed by atoms with Crippen LogP contribution in [-0.4, -0.2) is 77.0 Å². The maximum absolute atomic E-state index is 14.0. The zero-order valence-corrected chi connectivity index (χ0v) is 31.0. The number of nitrogens with one attached hydrogen (secondary N) is 3. The molecule has 5 atom stereocenters. The number of alkyl halides is 3. The second kappa shape index (κ2) is 18.3. The summed E-state index contributed by atoms with van der Waals surface area (Å²) < 4.78 is 8.79. The molecule has 1 aromatic heterocycles. The van der Waals surface area contributed by atoms with Crippen LogP contribution in [0, 0.1) is 17.3 Å². The molecule has 3 rings (SSSR count). The molecule has 0 radical (unpaired) electrons. The molecule has 0 spiro atoms. The first-order valence-electron chi connectivity index (χ1n) is 16.6. The lowest BCUT2D eigenvalue weighted by molar-refractivity contribution is -0.145. The molecule has 0 aliphatic carbocycles. The first kappa shape index (κ1) is 40.5. The number of aromatic nitrogens is 1. The van der Waals surface area contributed by atoms with E-state index < -0.39 is 51.7 Å². The highest BCUT2D eigenvalue weighted by Crippen LogP contribution is 2.36. The van der Waals surface area contributed by atoms with Crippen LogP contribution in [0.25, 0.3) is 17.0 Å². The van der Waals surface area contributed by atoms with Gasteiger partial charge in [-0.15, -0.1) is 0 Å². The van der Waals surface area contributed by atoms with Crippen molar-refractivity contribution in [2.75, 3.05) is 26.4 Å². The normalized spacial score (nSPS) is 18.1. The third kappa shape index (κ3) is 12.1.